The van der Waals surface area contributed by atoms with Crippen LogP contribution in [0.2, 0.25) is 0 Å². The van der Waals surface area contributed by atoms with Gasteiger partial charge in [-0.05, 0) is 26.4 Å². The summed E-state index contributed by atoms with van der Waals surface area (Å²) in [6.45, 7) is 7.75. The molecule has 12 heavy (non-hydrogen) atoms. The van der Waals surface area contributed by atoms with E-state index in [9.17, 15) is 0 Å². The van der Waals surface area contributed by atoms with E-state index in [0.29, 0.717) is 0 Å². The summed E-state index contributed by atoms with van der Waals surface area (Å²) in [6.07, 6.45) is 2.77. The first-order chi connectivity index (χ1) is 5.83. The maximum absolute atomic E-state index is 3.76. The molecule has 0 aromatic heterocycles. The Kier molecular flexibility index (Phi) is 7.51. The molecule has 1 aliphatic rings. The van der Waals surface area contributed by atoms with Gasteiger partial charge in [0.05, 0.1) is 6.54 Å². The van der Waals surface area contributed by atoms with Gasteiger partial charge in [0, 0.05) is 12.5 Å². The molecule has 0 aliphatic carbocycles. The monoisotopic (exact) mass is 172 g/mol. The lowest BCUT2D eigenvalue weighted by Crippen LogP contribution is -2.79. The number of nitrogens with two attached hydrogens (primary N) is 1. The van der Waals surface area contributed by atoms with Crippen molar-refractivity contribution in [1.82, 2.24) is 4.90 Å². The van der Waals surface area contributed by atoms with Gasteiger partial charge < -0.3 is 10.2 Å². The first-order valence-corrected chi connectivity index (χ1v) is 5.12. The first kappa shape index (κ1) is 11.9. The number of hydrogen-bond donors (Lipinski definition) is 1. The van der Waals surface area contributed by atoms with E-state index in [1.807, 2.05) is 19.2 Å². The molecule has 1 heterocycles. The summed E-state index contributed by atoms with van der Waals surface area (Å²) in [7, 11) is 5.96. The van der Waals surface area contributed by atoms with Crippen molar-refractivity contribution in [3.63, 3.8) is 0 Å². The van der Waals surface area contributed by atoms with Crippen LogP contribution in [0.5, 0.6) is 0 Å². The quantitative estimate of drug-likeness (QED) is 0.608. The summed E-state index contributed by atoms with van der Waals surface area (Å²) in [5.74, 6) is 0.885. The molecule has 1 atom stereocenters. The van der Waals surface area contributed by atoms with E-state index >= 15 is 0 Å². The van der Waals surface area contributed by atoms with Crippen molar-refractivity contribution in [2.75, 3.05) is 26.7 Å². The van der Waals surface area contributed by atoms with Crippen molar-refractivity contribution < 1.29 is 5.32 Å². The van der Waals surface area contributed by atoms with Crippen molar-refractivity contribution in [1.29, 1.82) is 0 Å². The van der Waals surface area contributed by atoms with Crippen molar-refractivity contribution >= 4 is 0 Å². The Bertz CT molecular complexity index is 91.8. The number of piperidine rings is 1. The van der Waals surface area contributed by atoms with E-state index in [1.165, 1.54) is 32.5 Å². The van der Waals surface area contributed by atoms with E-state index < -0.39 is 0 Å². The molecular weight excluding hydrogens is 148 g/mol. The SMILES string of the molecule is CC.[CH2-][NH2+]CC1CCCN(C)C1. The fourth-order valence-corrected chi connectivity index (χ4v) is 1.70. The topological polar surface area (TPSA) is 19.9 Å². The van der Waals surface area contributed by atoms with Gasteiger partial charge >= 0.3 is 0 Å². The number of rotatable bonds is 2. The van der Waals surface area contributed by atoms with Gasteiger partial charge in [0.15, 0.2) is 0 Å². The van der Waals surface area contributed by atoms with Crippen LogP contribution in [0.15, 0.2) is 0 Å². The van der Waals surface area contributed by atoms with Crippen molar-refractivity contribution in [2.24, 2.45) is 5.92 Å². The second-order valence-electron chi connectivity index (χ2n) is 3.29. The lowest BCUT2D eigenvalue weighted by atomic mass is 9.99. The van der Waals surface area contributed by atoms with Crippen LogP contribution >= 0.6 is 0 Å². The molecule has 74 valence electrons. The molecule has 2 N–H and O–H groups in total. The lowest BCUT2D eigenvalue weighted by Gasteiger charge is -2.28. The molecule has 2 heteroatoms. The van der Waals surface area contributed by atoms with Gasteiger partial charge in [-0.25, -0.2) is 0 Å². The Balaban J connectivity index is 0.000000561. The van der Waals surface area contributed by atoms with E-state index in [-0.39, 0.29) is 0 Å². The minimum absolute atomic E-state index is 0.885. The summed E-state index contributed by atoms with van der Waals surface area (Å²) >= 11 is 0. The van der Waals surface area contributed by atoms with Gasteiger partial charge in [0.1, 0.15) is 0 Å². The van der Waals surface area contributed by atoms with Crippen molar-refractivity contribution in [3.8, 4) is 0 Å². The minimum atomic E-state index is 0.885. The Morgan fingerprint density at radius 1 is 1.50 bits per heavy atom. The van der Waals surface area contributed by atoms with Crippen LogP contribution in [0, 0.1) is 13.0 Å². The highest BCUT2D eigenvalue weighted by atomic mass is 15.1. The predicted molar refractivity (Wildman–Crippen MR) is 53.7 cm³/mol. The largest absolute Gasteiger partial charge is 0.479 e. The molecule has 0 radical (unpaired) electrons. The smallest absolute Gasteiger partial charge is 0.0556 e. The Hall–Kier alpha value is -0.0800. The molecule has 0 spiro atoms. The summed E-state index contributed by atoms with van der Waals surface area (Å²) in [5.41, 5.74) is 0. The Morgan fingerprint density at radius 3 is 2.67 bits per heavy atom. The van der Waals surface area contributed by atoms with Crippen LogP contribution < -0.4 is 5.32 Å². The molecule has 1 rings (SSSR count). The summed E-state index contributed by atoms with van der Waals surface area (Å²) in [5, 5.41) is 2.05. The van der Waals surface area contributed by atoms with E-state index in [0.717, 1.165) is 5.92 Å². The Labute approximate surface area is 77.3 Å². The zero-order valence-corrected chi connectivity index (χ0v) is 8.84. The third-order valence-corrected chi connectivity index (χ3v) is 2.22. The second kappa shape index (κ2) is 7.56. The van der Waals surface area contributed by atoms with Crippen molar-refractivity contribution in [3.05, 3.63) is 7.05 Å². The molecule has 0 saturated carbocycles. The van der Waals surface area contributed by atoms with Gasteiger partial charge in [-0.2, -0.15) is 7.05 Å². The van der Waals surface area contributed by atoms with Crippen LogP contribution in [-0.2, 0) is 0 Å². The van der Waals surface area contributed by atoms with Gasteiger partial charge in [-0.3, -0.25) is 0 Å². The highest BCUT2D eigenvalue weighted by Crippen LogP contribution is 2.12. The van der Waals surface area contributed by atoms with Crippen molar-refractivity contribution in [2.45, 2.75) is 26.7 Å². The molecule has 1 saturated heterocycles. The number of nitrogens with zero attached hydrogens (tertiary/aromatic N) is 1. The highest BCUT2D eigenvalue weighted by Gasteiger charge is 2.16. The lowest BCUT2D eigenvalue weighted by molar-refractivity contribution is -0.602. The molecule has 2 nitrogen and oxygen atoms in total. The summed E-state index contributed by atoms with van der Waals surface area (Å²) in [6, 6.07) is 0. The highest BCUT2D eigenvalue weighted by molar-refractivity contribution is 4.68. The van der Waals surface area contributed by atoms with E-state index in [4.69, 9.17) is 0 Å². The number of likely N-dealkylation sites (tertiary alicyclic amines) is 1. The zero-order valence-electron chi connectivity index (χ0n) is 8.84. The maximum Gasteiger partial charge on any atom is 0.0556 e. The molecule has 0 bridgehead atoms. The molecule has 1 aliphatic heterocycles. The molecule has 0 amide bonds. The van der Waals surface area contributed by atoms with Gasteiger partial charge in [-0.1, -0.05) is 13.8 Å². The fraction of sp³-hybridized carbons (Fsp3) is 0.900. The predicted octanol–water partition coefficient (Wildman–Crippen LogP) is 0.709. The van der Waals surface area contributed by atoms with E-state index in [2.05, 4.69) is 19.0 Å². The standard InChI is InChI=1S/C8H18N2.C2H6/c1-9-6-8-4-3-5-10(2)7-8;1-2/h8H,1,3-7,9H2,2H3;1-2H3. The molecule has 1 fully saturated rings. The molecule has 0 aromatic rings. The van der Waals surface area contributed by atoms with Gasteiger partial charge in [0.25, 0.3) is 0 Å². The average Bonchev–Trinajstić information content (AvgIpc) is 2.09. The number of quaternary nitrogens is 1. The molecular formula is C10H24N2. The van der Waals surface area contributed by atoms with Crippen LogP contribution in [-0.4, -0.2) is 31.6 Å². The zero-order chi connectivity index (χ0) is 9.40. The summed E-state index contributed by atoms with van der Waals surface area (Å²) < 4.78 is 0. The maximum atomic E-state index is 3.76. The second-order valence-corrected chi connectivity index (χ2v) is 3.29. The Morgan fingerprint density at radius 2 is 2.17 bits per heavy atom. The third kappa shape index (κ3) is 4.73. The molecule has 1 unspecified atom stereocenters. The molecule has 0 aromatic carbocycles. The van der Waals surface area contributed by atoms with Crippen LogP contribution in [0.1, 0.15) is 26.7 Å². The van der Waals surface area contributed by atoms with Crippen LogP contribution in [0.3, 0.4) is 0 Å². The summed E-state index contributed by atoms with van der Waals surface area (Å²) in [4.78, 5) is 2.41. The van der Waals surface area contributed by atoms with Crippen LogP contribution in [0.25, 0.3) is 0 Å². The van der Waals surface area contributed by atoms with Crippen LogP contribution in [0.4, 0.5) is 0 Å². The van der Waals surface area contributed by atoms with E-state index in [1.54, 1.807) is 0 Å². The third-order valence-electron chi connectivity index (χ3n) is 2.22. The minimum Gasteiger partial charge on any atom is -0.479 e. The number of hydrogen-bond acceptors (Lipinski definition) is 1. The fourth-order valence-electron chi connectivity index (χ4n) is 1.70. The van der Waals surface area contributed by atoms with Gasteiger partial charge in [0.2, 0.25) is 0 Å². The average molecular weight is 172 g/mol. The first-order valence-electron chi connectivity index (χ1n) is 5.12. The normalized spacial score (nSPS) is 24.5. The van der Waals surface area contributed by atoms with Gasteiger partial charge in [-0.15, -0.1) is 0 Å².